The molecule has 166 valence electrons. The van der Waals surface area contributed by atoms with Gasteiger partial charge in [-0.3, -0.25) is 0 Å². The molecule has 0 amide bonds. The minimum atomic E-state index is -0.691. The number of hydrogen-bond acceptors (Lipinski definition) is 5. The van der Waals surface area contributed by atoms with Crippen molar-refractivity contribution in [3.05, 3.63) is 77.3 Å². The van der Waals surface area contributed by atoms with Gasteiger partial charge >= 0.3 is 17.1 Å². The summed E-state index contributed by atoms with van der Waals surface area (Å²) in [6.45, 7) is 8.37. The van der Waals surface area contributed by atoms with Gasteiger partial charge in [0.2, 0.25) is 0 Å². The third kappa shape index (κ3) is 6.22. The van der Waals surface area contributed by atoms with E-state index in [2.05, 4.69) is 40.2 Å². The van der Waals surface area contributed by atoms with Crippen LogP contribution in [0.4, 0.5) is 0 Å². The first-order valence-electron chi connectivity index (χ1n) is 10.6. The normalized spacial score (nSPS) is 18.7. The number of fused-ring (bicyclic) bond motifs is 2. The molecule has 31 heavy (non-hydrogen) atoms. The number of rotatable bonds is 7. The fourth-order valence-electron chi connectivity index (χ4n) is 3.86. The Morgan fingerprint density at radius 2 is 1.68 bits per heavy atom. The number of hydrogen-bond donors (Lipinski definition) is 0. The van der Waals surface area contributed by atoms with Crippen molar-refractivity contribution in [3.63, 3.8) is 0 Å². The monoisotopic (exact) mass is 463 g/mol. The second-order valence-electron chi connectivity index (χ2n) is 7.89. The third-order valence-corrected chi connectivity index (χ3v) is 5.35. The summed E-state index contributed by atoms with van der Waals surface area (Å²) in [7, 11) is 0. The average Bonchev–Trinajstić information content (AvgIpc) is 2.91. The Labute approximate surface area is 196 Å². The molecule has 4 rings (SSSR count). The zero-order chi connectivity index (χ0) is 20.9. The van der Waals surface area contributed by atoms with E-state index in [1.54, 1.807) is 6.92 Å². The van der Waals surface area contributed by atoms with E-state index in [4.69, 9.17) is 9.47 Å². The Balaban J connectivity index is 0.00000272. The molecular formula is C24H29FeN3O3. The standard InChI is InChI=1S/C24H29N3O3.Fe/c1-3-27-15-20-9-5-7-11-23(20)30-24(27)17-26-14-19-8-4-6-10-22(19)29-21(16-26)13-25-12-18(2)28;/h4-11,18H,3,12-17H2,1-2H3;/q-4;+4/t18-;/m0./s1. The first-order valence-corrected chi connectivity index (χ1v) is 10.6. The van der Waals surface area contributed by atoms with E-state index in [0.717, 1.165) is 49.0 Å². The molecule has 2 aliphatic heterocycles. The summed E-state index contributed by atoms with van der Waals surface area (Å²) >= 11 is 0. The Morgan fingerprint density at radius 3 is 2.35 bits per heavy atom. The summed E-state index contributed by atoms with van der Waals surface area (Å²) in [6.07, 6.45) is 1.13. The SMILES string of the molecule is CCN1Cc2ccccc2O[C-]1CN1Cc2ccccc2O[C-](C[N-]C[C@H](C)[O-])C1.[Fe+4]. The fraction of sp³-hybridized carbons (Fsp3) is 0.417. The second kappa shape index (κ2) is 11.3. The van der Waals surface area contributed by atoms with E-state index in [1.807, 2.05) is 30.3 Å². The summed E-state index contributed by atoms with van der Waals surface area (Å²) in [5.74, 6) is 1.81. The predicted molar refractivity (Wildman–Crippen MR) is 115 cm³/mol. The van der Waals surface area contributed by atoms with Crippen molar-refractivity contribution in [1.29, 1.82) is 0 Å². The molecule has 0 aromatic heterocycles. The van der Waals surface area contributed by atoms with Crippen molar-refractivity contribution >= 4 is 0 Å². The quantitative estimate of drug-likeness (QED) is 0.467. The van der Waals surface area contributed by atoms with Crippen LogP contribution in [0.5, 0.6) is 11.5 Å². The molecular weight excluding hydrogens is 434 g/mol. The zero-order valence-electron chi connectivity index (χ0n) is 18.1. The molecule has 2 heterocycles. The minimum Gasteiger partial charge on any atom is -0.853 e. The van der Waals surface area contributed by atoms with Crippen molar-refractivity contribution < 1.29 is 31.6 Å². The van der Waals surface area contributed by atoms with Gasteiger partial charge in [-0.15, -0.1) is 6.10 Å². The molecule has 0 radical (unpaired) electrons. The number of likely N-dealkylation sites (N-methyl/N-ethyl adjacent to an activating group) is 1. The van der Waals surface area contributed by atoms with Crippen LogP contribution in [0.3, 0.4) is 0 Å². The Kier molecular flexibility index (Phi) is 8.78. The van der Waals surface area contributed by atoms with Gasteiger partial charge in [-0.1, -0.05) is 69.6 Å². The number of para-hydroxylation sites is 2. The van der Waals surface area contributed by atoms with Crippen LogP contribution in [0.1, 0.15) is 25.0 Å². The van der Waals surface area contributed by atoms with Gasteiger partial charge in [0.05, 0.1) is 11.5 Å². The van der Waals surface area contributed by atoms with Crippen LogP contribution < -0.4 is 14.6 Å². The number of benzene rings is 2. The van der Waals surface area contributed by atoms with Gasteiger partial charge in [0.25, 0.3) is 0 Å². The molecule has 0 unspecified atom stereocenters. The third-order valence-electron chi connectivity index (χ3n) is 5.35. The molecule has 0 N–H and O–H groups in total. The maximum atomic E-state index is 11.4. The van der Waals surface area contributed by atoms with Crippen LogP contribution in [0.2, 0.25) is 0 Å². The average molecular weight is 463 g/mol. The van der Waals surface area contributed by atoms with E-state index < -0.39 is 6.10 Å². The topological polar surface area (TPSA) is 62.1 Å². The molecule has 0 aliphatic carbocycles. The predicted octanol–water partition coefficient (Wildman–Crippen LogP) is 2.94. The Bertz CT molecular complexity index is 835. The summed E-state index contributed by atoms with van der Waals surface area (Å²) < 4.78 is 12.5. The number of nitrogens with zero attached hydrogens (tertiary/aromatic N) is 3. The van der Waals surface area contributed by atoms with Gasteiger partial charge < -0.3 is 29.7 Å². The Hall–Kier alpha value is -1.60. The van der Waals surface area contributed by atoms with Crippen molar-refractivity contribution in [2.45, 2.75) is 33.0 Å². The van der Waals surface area contributed by atoms with Gasteiger partial charge in [-0.25, -0.2) is 6.54 Å². The van der Waals surface area contributed by atoms with Crippen molar-refractivity contribution in [3.8, 4) is 11.5 Å². The Morgan fingerprint density at radius 1 is 1.03 bits per heavy atom. The largest absolute Gasteiger partial charge is 4.00 e. The summed E-state index contributed by atoms with van der Waals surface area (Å²) in [5, 5.41) is 15.8. The van der Waals surface area contributed by atoms with E-state index in [-0.39, 0.29) is 17.1 Å². The molecule has 2 aromatic rings. The van der Waals surface area contributed by atoms with Gasteiger partial charge in [0, 0.05) is 24.2 Å². The molecule has 0 spiro atoms. The van der Waals surface area contributed by atoms with Crippen LogP contribution in [-0.2, 0) is 30.2 Å². The first-order chi connectivity index (χ1) is 14.6. The smallest absolute Gasteiger partial charge is 0.853 e. The van der Waals surface area contributed by atoms with E-state index in [1.165, 1.54) is 5.56 Å². The molecule has 0 fully saturated rings. The van der Waals surface area contributed by atoms with Gasteiger partial charge in [-0.05, 0) is 18.7 Å². The maximum Gasteiger partial charge on any atom is 4.00 e. The van der Waals surface area contributed by atoms with Crippen LogP contribution in [-0.4, -0.2) is 48.6 Å². The second-order valence-corrected chi connectivity index (χ2v) is 7.89. The van der Waals surface area contributed by atoms with Gasteiger partial charge in [-0.2, -0.15) is 12.6 Å². The van der Waals surface area contributed by atoms with Crippen molar-refractivity contribution in [1.82, 2.24) is 9.80 Å². The molecule has 0 saturated heterocycles. The summed E-state index contributed by atoms with van der Waals surface area (Å²) in [4.78, 5) is 4.60. The fourth-order valence-corrected chi connectivity index (χ4v) is 3.86. The van der Waals surface area contributed by atoms with E-state index in [9.17, 15) is 5.11 Å². The molecule has 6 nitrogen and oxygen atoms in total. The minimum absolute atomic E-state index is 0. The molecule has 1 atom stereocenters. The molecule has 2 aliphatic rings. The van der Waals surface area contributed by atoms with Crippen molar-refractivity contribution in [2.24, 2.45) is 0 Å². The van der Waals surface area contributed by atoms with Crippen LogP contribution in [0.25, 0.3) is 5.32 Å². The molecule has 0 bridgehead atoms. The van der Waals surface area contributed by atoms with Gasteiger partial charge in [0.1, 0.15) is 0 Å². The van der Waals surface area contributed by atoms with E-state index >= 15 is 0 Å². The van der Waals surface area contributed by atoms with Gasteiger partial charge in [0.15, 0.2) is 0 Å². The van der Waals surface area contributed by atoms with Crippen LogP contribution in [0.15, 0.2) is 48.5 Å². The maximum absolute atomic E-state index is 11.4. The summed E-state index contributed by atoms with van der Waals surface area (Å²) in [5.41, 5.74) is 2.36. The van der Waals surface area contributed by atoms with E-state index in [0.29, 0.717) is 26.2 Å². The van der Waals surface area contributed by atoms with Crippen LogP contribution >= 0.6 is 0 Å². The zero-order valence-corrected chi connectivity index (χ0v) is 19.2. The molecule has 7 heteroatoms. The first kappa shape index (κ1) is 24.1. The number of ether oxygens (including phenoxy) is 2. The van der Waals surface area contributed by atoms with Crippen molar-refractivity contribution in [2.75, 3.05) is 32.7 Å². The summed E-state index contributed by atoms with van der Waals surface area (Å²) in [6, 6.07) is 16.3. The van der Waals surface area contributed by atoms with Crippen LogP contribution in [0, 0.1) is 12.3 Å². The molecule has 2 aromatic carbocycles. The molecule has 0 saturated carbocycles.